The molecular weight excluding hydrogens is 240 g/mol. The Hall–Kier alpha value is -1.82. The lowest BCUT2D eigenvalue weighted by atomic mass is 9.74. The van der Waals surface area contributed by atoms with E-state index < -0.39 is 0 Å². The Labute approximate surface area is 123 Å². The van der Waals surface area contributed by atoms with Crippen molar-refractivity contribution in [1.29, 1.82) is 0 Å². The average Bonchev–Trinajstić information content (AvgIpc) is 2.54. The van der Waals surface area contributed by atoms with Gasteiger partial charge in [0.25, 0.3) is 0 Å². The SMILES string of the molecule is C/C=C(/CC(C)(CC)c1ccccc1)c1ccccc1. The van der Waals surface area contributed by atoms with Crippen LogP contribution in [0.15, 0.2) is 66.7 Å². The first-order chi connectivity index (χ1) is 9.69. The number of benzene rings is 2. The number of rotatable bonds is 5. The number of hydrogen-bond acceptors (Lipinski definition) is 0. The van der Waals surface area contributed by atoms with E-state index >= 15 is 0 Å². The minimum Gasteiger partial charge on any atom is -0.0838 e. The molecule has 0 saturated carbocycles. The molecule has 0 radical (unpaired) electrons. The summed E-state index contributed by atoms with van der Waals surface area (Å²) in [5.74, 6) is 0. The fraction of sp³-hybridized carbons (Fsp3) is 0.300. The van der Waals surface area contributed by atoms with E-state index in [0.29, 0.717) is 0 Å². The number of allylic oxidation sites excluding steroid dienone is 2. The Morgan fingerprint density at radius 3 is 2.00 bits per heavy atom. The number of hydrogen-bond donors (Lipinski definition) is 0. The molecule has 0 saturated heterocycles. The van der Waals surface area contributed by atoms with E-state index in [-0.39, 0.29) is 5.41 Å². The average molecular weight is 264 g/mol. The second-order valence-electron chi connectivity index (χ2n) is 5.64. The van der Waals surface area contributed by atoms with Gasteiger partial charge in [-0.2, -0.15) is 0 Å². The lowest BCUT2D eigenvalue weighted by molar-refractivity contribution is 0.467. The molecule has 0 bridgehead atoms. The highest BCUT2D eigenvalue weighted by molar-refractivity contribution is 5.66. The molecule has 0 spiro atoms. The van der Waals surface area contributed by atoms with Gasteiger partial charge in [0.05, 0.1) is 0 Å². The molecule has 0 fully saturated rings. The first kappa shape index (κ1) is 14.6. The molecule has 2 aromatic carbocycles. The van der Waals surface area contributed by atoms with E-state index in [1.165, 1.54) is 16.7 Å². The molecule has 2 aromatic rings. The van der Waals surface area contributed by atoms with Crippen LogP contribution >= 0.6 is 0 Å². The molecular formula is C20H24. The molecule has 0 aliphatic carbocycles. The van der Waals surface area contributed by atoms with Crippen LogP contribution in [0.3, 0.4) is 0 Å². The highest BCUT2D eigenvalue weighted by Gasteiger charge is 2.25. The van der Waals surface area contributed by atoms with Gasteiger partial charge in [0, 0.05) is 0 Å². The summed E-state index contributed by atoms with van der Waals surface area (Å²) in [5.41, 5.74) is 4.39. The van der Waals surface area contributed by atoms with E-state index in [1.54, 1.807) is 0 Å². The Bertz CT molecular complexity index is 551. The Kier molecular flexibility index (Phi) is 4.79. The van der Waals surface area contributed by atoms with Gasteiger partial charge in [-0.15, -0.1) is 0 Å². The smallest absolute Gasteiger partial charge is 0.00374 e. The van der Waals surface area contributed by atoms with Gasteiger partial charge >= 0.3 is 0 Å². The van der Waals surface area contributed by atoms with Gasteiger partial charge in [-0.25, -0.2) is 0 Å². The fourth-order valence-electron chi connectivity index (χ4n) is 2.72. The Balaban J connectivity index is 2.30. The van der Waals surface area contributed by atoms with Gasteiger partial charge in [0.2, 0.25) is 0 Å². The van der Waals surface area contributed by atoms with Crippen LogP contribution in [0, 0.1) is 0 Å². The minimum atomic E-state index is 0.193. The maximum absolute atomic E-state index is 2.37. The summed E-state index contributed by atoms with van der Waals surface area (Å²) in [4.78, 5) is 0. The van der Waals surface area contributed by atoms with Crippen molar-refractivity contribution in [3.8, 4) is 0 Å². The van der Waals surface area contributed by atoms with Crippen molar-refractivity contribution in [2.24, 2.45) is 0 Å². The van der Waals surface area contributed by atoms with Crippen molar-refractivity contribution in [2.75, 3.05) is 0 Å². The largest absolute Gasteiger partial charge is 0.0838 e. The van der Waals surface area contributed by atoms with Crippen molar-refractivity contribution in [1.82, 2.24) is 0 Å². The lowest BCUT2D eigenvalue weighted by Crippen LogP contribution is -2.21. The van der Waals surface area contributed by atoms with Crippen molar-refractivity contribution in [2.45, 2.75) is 39.0 Å². The maximum atomic E-state index is 2.37. The molecule has 0 amide bonds. The Morgan fingerprint density at radius 2 is 1.50 bits per heavy atom. The predicted octanol–water partition coefficient (Wildman–Crippen LogP) is 5.85. The van der Waals surface area contributed by atoms with E-state index in [9.17, 15) is 0 Å². The summed E-state index contributed by atoms with van der Waals surface area (Å²) in [5, 5.41) is 0. The summed E-state index contributed by atoms with van der Waals surface area (Å²) in [6.07, 6.45) is 4.47. The third-order valence-electron chi connectivity index (χ3n) is 4.32. The molecule has 20 heavy (non-hydrogen) atoms. The summed E-state index contributed by atoms with van der Waals surface area (Å²) in [6, 6.07) is 21.6. The van der Waals surface area contributed by atoms with Crippen molar-refractivity contribution < 1.29 is 0 Å². The molecule has 1 unspecified atom stereocenters. The highest BCUT2D eigenvalue weighted by Crippen LogP contribution is 2.37. The van der Waals surface area contributed by atoms with Crippen LogP contribution in [-0.2, 0) is 5.41 Å². The maximum Gasteiger partial charge on any atom is -0.00374 e. The van der Waals surface area contributed by atoms with Crippen LogP contribution in [0.2, 0.25) is 0 Å². The quantitative estimate of drug-likeness (QED) is 0.635. The first-order valence-corrected chi connectivity index (χ1v) is 7.46. The van der Waals surface area contributed by atoms with Crippen LogP contribution in [0.4, 0.5) is 0 Å². The molecule has 0 heterocycles. The molecule has 104 valence electrons. The fourth-order valence-corrected chi connectivity index (χ4v) is 2.72. The van der Waals surface area contributed by atoms with Gasteiger partial charge in [-0.05, 0) is 41.9 Å². The van der Waals surface area contributed by atoms with Crippen molar-refractivity contribution in [3.05, 3.63) is 77.9 Å². The molecule has 1 atom stereocenters. The van der Waals surface area contributed by atoms with Crippen LogP contribution in [0.5, 0.6) is 0 Å². The Morgan fingerprint density at radius 1 is 0.950 bits per heavy atom. The van der Waals surface area contributed by atoms with Gasteiger partial charge < -0.3 is 0 Å². The molecule has 0 aliphatic heterocycles. The van der Waals surface area contributed by atoms with Crippen LogP contribution in [0.25, 0.3) is 5.57 Å². The zero-order chi connectivity index (χ0) is 14.4. The molecule has 0 N–H and O–H groups in total. The van der Waals surface area contributed by atoms with Gasteiger partial charge in [0.1, 0.15) is 0 Å². The highest BCUT2D eigenvalue weighted by atomic mass is 14.3. The van der Waals surface area contributed by atoms with Gasteiger partial charge in [-0.1, -0.05) is 80.6 Å². The summed E-state index contributed by atoms with van der Waals surface area (Å²) >= 11 is 0. The molecule has 2 rings (SSSR count). The third kappa shape index (κ3) is 3.19. The first-order valence-electron chi connectivity index (χ1n) is 7.46. The van der Waals surface area contributed by atoms with Crippen molar-refractivity contribution >= 4 is 5.57 Å². The van der Waals surface area contributed by atoms with Crippen LogP contribution in [0.1, 0.15) is 44.7 Å². The predicted molar refractivity (Wildman–Crippen MR) is 88.8 cm³/mol. The monoisotopic (exact) mass is 264 g/mol. The molecule has 0 aliphatic rings. The molecule has 0 heteroatoms. The minimum absolute atomic E-state index is 0.193. The van der Waals surface area contributed by atoms with E-state index in [2.05, 4.69) is 87.5 Å². The van der Waals surface area contributed by atoms with E-state index in [4.69, 9.17) is 0 Å². The zero-order valence-corrected chi connectivity index (χ0v) is 12.8. The molecule has 0 aromatic heterocycles. The van der Waals surface area contributed by atoms with E-state index in [0.717, 1.165) is 12.8 Å². The van der Waals surface area contributed by atoms with E-state index in [1.807, 2.05) is 0 Å². The second kappa shape index (κ2) is 6.56. The van der Waals surface area contributed by atoms with Crippen molar-refractivity contribution in [3.63, 3.8) is 0 Å². The third-order valence-corrected chi connectivity index (χ3v) is 4.32. The van der Waals surface area contributed by atoms with Gasteiger partial charge in [-0.3, -0.25) is 0 Å². The summed E-state index contributed by atoms with van der Waals surface area (Å²) < 4.78 is 0. The normalized spacial score (nSPS) is 14.8. The lowest BCUT2D eigenvalue weighted by Gasteiger charge is -2.30. The zero-order valence-electron chi connectivity index (χ0n) is 12.8. The van der Waals surface area contributed by atoms with Gasteiger partial charge in [0.15, 0.2) is 0 Å². The van der Waals surface area contributed by atoms with Crippen LogP contribution < -0.4 is 0 Å². The van der Waals surface area contributed by atoms with Crippen LogP contribution in [-0.4, -0.2) is 0 Å². The molecule has 0 nitrogen and oxygen atoms in total. The topological polar surface area (TPSA) is 0 Å². The summed E-state index contributed by atoms with van der Waals surface area (Å²) in [7, 11) is 0. The second-order valence-corrected chi connectivity index (χ2v) is 5.64. The standard InChI is InChI=1S/C20H24/c1-4-17(18-12-8-6-9-13-18)16-20(3,5-2)19-14-10-7-11-15-19/h4,6-15H,5,16H2,1-3H3/b17-4-. The summed E-state index contributed by atoms with van der Waals surface area (Å²) in [6.45, 7) is 6.80.